The van der Waals surface area contributed by atoms with E-state index in [9.17, 15) is 4.79 Å². The Morgan fingerprint density at radius 1 is 1.24 bits per heavy atom. The Bertz CT molecular complexity index is 929. The van der Waals surface area contributed by atoms with Crippen LogP contribution in [0.2, 0.25) is 0 Å². The van der Waals surface area contributed by atoms with Gasteiger partial charge in [-0.2, -0.15) is 0 Å². The van der Waals surface area contributed by atoms with Crippen LogP contribution in [-0.2, 0) is 11.2 Å². The second-order valence-corrected chi connectivity index (χ2v) is 8.87. The summed E-state index contributed by atoms with van der Waals surface area (Å²) in [5.74, 6) is -0.0308. The number of anilines is 1. The normalized spacial score (nSPS) is 16.0. The molecular formula is C19H17IN2OS2. The van der Waals surface area contributed by atoms with Crippen molar-refractivity contribution in [2.45, 2.75) is 26.7 Å². The van der Waals surface area contributed by atoms with Gasteiger partial charge in [-0.05, 0) is 64.1 Å². The number of carbonyl (C=O) groups is 1. The van der Waals surface area contributed by atoms with Crippen LogP contribution in [0.1, 0.15) is 31.4 Å². The van der Waals surface area contributed by atoms with Gasteiger partial charge >= 0.3 is 0 Å². The zero-order valence-corrected chi connectivity index (χ0v) is 17.7. The van der Waals surface area contributed by atoms with Crippen LogP contribution in [0.25, 0.3) is 16.0 Å². The molecular weight excluding hydrogens is 463 g/mol. The number of rotatable bonds is 3. The first-order chi connectivity index (χ1) is 12.1. The lowest BCUT2D eigenvalue weighted by molar-refractivity contribution is -0.114. The van der Waals surface area contributed by atoms with Gasteiger partial charge in [-0.25, -0.2) is 0 Å². The molecule has 25 heavy (non-hydrogen) atoms. The van der Waals surface area contributed by atoms with Gasteiger partial charge < -0.3 is 8.85 Å². The maximum absolute atomic E-state index is 11.7. The third-order valence-corrected chi connectivity index (χ3v) is 7.59. The van der Waals surface area contributed by atoms with Crippen LogP contribution in [0.4, 0.5) is 5.69 Å². The molecule has 2 N–H and O–H groups in total. The van der Waals surface area contributed by atoms with Crippen molar-refractivity contribution in [1.29, 1.82) is 0 Å². The molecule has 128 valence electrons. The van der Waals surface area contributed by atoms with Gasteiger partial charge in [-0.1, -0.05) is 17.8 Å². The van der Waals surface area contributed by atoms with E-state index in [-0.39, 0.29) is 5.91 Å². The number of hydrogen-bond donors (Lipinski definition) is 2. The molecule has 2 aromatic rings. The third kappa shape index (κ3) is 3.15. The van der Waals surface area contributed by atoms with Crippen LogP contribution >= 0.6 is 46.0 Å². The molecule has 0 bridgehead atoms. The van der Waals surface area contributed by atoms with Crippen molar-refractivity contribution in [3.63, 3.8) is 0 Å². The quantitative estimate of drug-likeness (QED) is 0.422. The Morgan fingerprint density at radius 2 is 2.08 bits per heavy atom. The summed E-state index contributed by atoms with van der Waals surface area (Å²) >= 11 is 5.76. The van der Waals surface area contributed by atoms with E-state index >= 15 is 0 Å². The van der Waals surface area contributed by atoms with Gasteiger partial charge in [-0.15, -0.1) is 11.3 Å². The van der Waals surface area contributed by atoms with E-state index in [1.807, 2.05) is 11.8 Å². The highest BCUT2D eigenvalue weighted by atomic mass is 127. The predicted octanol–water partition coefficient (Wildman–Crippen LogP) is 5.95. The molecule has 4 rings (SSSR count). The molecule has 2 heterocycles. The van der Waals surface area contributed by atoms with Gasteiger partial charge in [0.05, 0.1) is 27.9 Å². The summed E-state index contributed by atoms with van der Waals surface area (Å²) in [6.45, 7) is 3.76. The number of hydrogen-bond acceptors (Lipinski definition) is 4. The first kappa shape index (κ1) is 17.2. The number of carbonyl (C=O) groups excluding carboxylic acids is 1. The summed E-state index contributed by atoms with van der Waals surface area (Å²) in [4.78, 5) is 14.3. The van der Waals surface area contributed by atoms with Gasteiger partial charge in [0, 0.05) is 29.5 Å². The van der Waals surface area contributed by atoms with Crippen LogP contribution in [-0.4, -0.2) is 5.91 Å². The third-order valence-electron chi connectivity index (χ3n) is 4.49. The molecule has 0 fully saturated rings. The molecule has 0 saturated heterocycles. The van der Waals surface area contributed by atoms with Gasteiger partial charge in [-0.3, -0.25) is 4.79 Å². The van der Waals surface area contributed by atoms with E-state index in [4.69, 9.17) is 0 Å². The minimum atomic E-state index is -0.0308. The average Bonchev–Trinajstić information content (AvgIpc) is 3.20. The molecule has 0 radical (unpaired) electrons. The van der Waals surface area contributed by atoms with E-state index in [1.165, 1.54) is 37.1 Å². The summed E-state index contributed by atoms with van der Waals surface area (Å²) in [5, 5.41) is 6.35. The minimum absolute atomic E-state index is 0.0308. The fraction of sp³-hybridized carbons (Fsp3) is 0.211. The van der Waals surface area contributed by atoms with Crippen molar-refractivity contribution in [3.05, 3.63) is 56.3 Å². The summed E-state index contributed by atoms with van der Waals surface area (Å²) < 4.78 is 3.29. The molecule has 1 amide bonds. The lowest BCUT2D eigenvalue weighted by Gasteiger charge is -2.19. The molecule has 0 spiro atoms. The highest BCUT2D eigenvalue weighted by Gasteiger charge is 2.29. The molecule has 2 aliphatic rings. The van der Waals surface area contributed by atoms with Crippen molar-refractivity contribution >= 4 is 63.1 Å². The van der Waals surface area contributed by atoms with E-state index in [0.29, 0.717) is 0 Å². The van der Waals surface area contributed by atoms with Crippen molar-refractivity contribution in [2.24, 2.45) is 0 Å². The van der Waals surface area contributed by atoms with Gasteiger partial charge in [0.25, 0.3) is 0 Å². The summed E-state index contributed by atoms with van der Waals surface area (Å²) in [6, 6.07) is 8.60. The zero-order chi connectivity index (χ0) is 17.6. The van der Waals surface area contributed by atoms with Crippen LogP contribution in [0.5, 0.6) is 0 Å². The average molecular weight is 480 g/mol. The second-order valence-electron chi connectivity index (χ2n) is 6.27. The highest BCUT2D eigenvalue weighted by molar-refractivity contribution is 14.1. The SMILES string of the molecule is CC(=O)Nc1cc2c(cc1-c1cccs1)C1=C(C2)SC(NI)=C(C)C1. The molecule has 3 nitrogen and oxygen atoms in total. The topological polar surface area (TPSA) is 41.1 Å². The Labute approximate surface area is 169 Å². The van der Waals surface area contributed by atoms with Crippen LogP contribution in [0.3, 0.4) is 0 Å². The number of fused-ring (bicyclic) bond motifs is 2. The van der Waals surface area contributed by atoms with E-state index in [0.717, 1.165) is 24.1 Å². The number of nitrogens with one attached hydrogen (secondary N) is 2. The monoisotopic (exact) mass is 480 g/mol. The fourth-order valence-electron chi connectivity index (χ4n) is 3.38. The Balaban J connectivity index is 1.80. The molecule has 0 unspecified atom stereocenters. The van der Waals surface area contributed by atoms with Crippen LogP contribution in [0.15, 0.2) is 45.2 Å². The number of amides is 1. The maximum Gasteiger partial charge on any atom is 0.221 e. The number of thiophene rings is 1. The molecule has 1 aromatic heterocycles. The minimum Gasteiger partial charge on any atom is -0.326 e. The van der Waals surface area contributed by atoms with Gasteiger partial charge in [0.1, 0.15) is 0 Å². The number of allylic oxidation sites excluding steroid dienone is 3. The fourth-order valence-corrected chi connectivity index (χ4v) is 5.99. The van der Waals surface area contributed by atoms with E-state index in [1.54, 1.807) is 18.3 Å². The molecule has 0 saturated carbocycles. The van der Waals surface area contributed by atoms with Crippen molar-refractivity contribution in [2.75, 3.05) is 5.32 Å². The van der Waals surface area contributed by atoms with E-state index in [2.05, 4.69) is 68.3 Å². The number of benzene rings is 1. The maximum atomic E-state index is 11.7. The molecule has 6 heteroatoms. The first-order valence-electron chi connectivity index (χ1n) is 8.02. The van der Waals surface area contributed by atoms with Gasteiger partial charge in [0.15, 0.2) is 0 Å². The summed E-state index contributed by atoms with van der Waals surface area (Å²) in [7, 11) is 0. The largest absolute Gasteiger partial charge is 0.326 e. The van der Waals surface area contributed by atoms with Crippen molar-refractivity contribution < 1.29 is 4.79 Å². The van der Waals surface area contributed by atoms with Crippen molar-refractivity contribution in [3.8, 4) is 10.4 Å². The first-order valence-corrected chi connectivity index (χ1v) is 10.8. The molecule has 1 aliphatic heterocycles. The predicted molar refractivity (Wildman–Crippen MR) is 117 cm³/mol. The summed E-state index contributed by atoms with van der Waals surface area (Å²) in [5.41, 5.74) is 7.50. The smallest absolute Gasteiger partial charge is 0.221 e. The Morgan fingerprint density at radius 3 is 2.76 bits per heavy atom. The summed E-state index contributed by atoms with van der Waals surface area (Å²) in [6.07, 6.45) is 1.94. The lowest BCUT2D eigenvalue weighted by atomic mass is 9.96. The van der Waals surface area contributed by atoms with Crippen LogP contribution < -0.4 is 8.85 Å². The standard InChI is InChI=1S/C19H17IN2OS2/c1-10-6-14-13-9-15(17-4-3-5-24-17)16(21-11(2)23)7-12(13)8-18(14)25-19(10)22-20/h3-5,7,9,22H,6,8H2,1-2H3,(H,21,23). The van der Waals surface area contributed by atoms with Gasteiger partial charge in [0.2, 0.25) is 5.91 Å². The zero-order valence-electron chi connectivity index (χ0n) is 13.9. The number of halogens is 1. The highest BCUT2D eigenvalue weighted by Crippen LogP contribution is 2.50. The molecule has 1 aromatic carbocycles. The Kier molecular flexibility index (Phi) is 4.68. The number of thioether (sulfide) groups is 1. The Hall–Kier alpha value is -1.25. The molecule has 0 atom stereocenters. The second kappa shape index (κ2) is 6.81. The lowest BCUT2D eigenvalue weighted by Crippen LogP contribution is -2.07. The van der Waals surface area contributed by atoms with E-state index < -0.39 is 0 Å². The van der Waals surface area contributed by atoms with Crippen molar-refractivity contribution in [1.82, 2.24) is 3.53 Å². The molecule has 1 aliphatic carbocycles. The van der Waals surface area contributed by atoms with Crippen LogP contribution in [0, 0.1) is 0 Å².